The predicted molar refractivity (Wildman–Crippen MR) is 75.1 cm³/mol. The number of rotatable bonds is 6. The van der Waals surface area contributed by atoms with E-state index in [0.717, 1.165) is 16.4 Å². The van der Waals surface area contributed by atoms with E-state index in [-0.39, 0.29) is 12.5 Å². The van der Waals surface area contributed by atoms with Gasteiger partial charge in [-0.1, -0.05) is 25.1 Å². The Morgan fingerprint density at radius 1 is 1.29 bits per heavy atom. The highest BCUT2D eigenvalue weighted by Gasteiger charge is 2.30. The van der Waals surface area contributed by atoms with Gasteiger partial charge in [-0.3, -0.25) is 0 Å². The van der Waals surface area contributed by atoms with Gasteiger partial charge in [0.15, 0.2) is 0 Å². The van der Waals surface area contributed by atoms with E-state index in [4.69, 9.17) is 0 Å². The molecule has 8 heteroatoms. The summed E-state index contributed by atoms with van der Waals surface area (Å²) >= 11 is 0. The fraction of sp³-hybridized carbons (Fsp3) is 0.538. The lowest BCUT2D eigenvalue weighted by atomic mass is 9.96. The molecule has 0 radical (unpaired) electrons. The highest BCUT2D eigenvalue weighted by Crippen LogP contribution is 2.31. The number of nitrogens with one attached hydrogen (secondary N) is 1. The quantitative estimate of drug-likeness (QED) is 0.874. The van der Waals surface area contributed by atoms with Gasteiger partial charge in [0.2, 0.25) is 0 Å². The van der Waals surface area contributed by atoms with E-state index in [0.29, 0.717) is 12.0 Å². The van der Waals surface area contributed by atoms with Gasteiger partial charge in [0.25, 0.3) is 10.2 Å². The van der Waals surface area contributed by atoms with Gasteiger partial charge in [0, 0.05) is 20.6 Å². The van der Waals surface area contributed by atoms with Crippen LogP contribution < -0.4 is 4.72 Å². The second-order valence-electron chi connectivity index (χ2n) is 4.99. The van der Waals surface area contributed by atoms with Gasteiger partial charge in [-0.25, -0.2) is 4.72 Å². The Bertz CT molecular complexity index is 571. The first-order valence-electron chi connectivity index (χ1n) is 6.38. The van der Waals surface area contributed by atoms with Crippen LogP contribution in [-0.4, -0.2) is 33.4 Å². The van der Waals surface area contributed by atoms with Crippen LogP contribution >= 0.6 is 0 Å². The molecule has 0 saturated heterocycles. The van der Waals surface area contributed by atoms with E-state index < -0.39 is 21.9 Å². The molecule has 1 rings (SSSR count). The molecule has 0 aliphatic rings. The van der Waals surface area contributed by atoms with Gasteiger partial charge in [0.1, 0.15) is 0 Å². The number of nitrogens with zero attached hydrogens (tertiary/aromatic N) is 1. The minimum absolute atomic E-state index is 0.165. The fourth-order valence-electron chi connectivity index (χ4n) is 1.72. The molecular weight excluding hydrogens is 305 g/mol. The largest absolute Gasteiger partial charge is 0.416 e. The molecule has 0 saturated carbocycles. The summed E-state index contributed by atoms with van der Waals surface area (Å²) in [5.41, 5.74) is -0.158. The third kappa shape index (κ3) is 5.29. The molecule has 1 atom stereocenters. The monoisotopic (exact) mass is 324 g/mol. The number of hydrogen-bond acceptors (Lipinski definition) is 2. The van der Waals surface area contributed by atoms with Gasteiger partial charge in [-0.15, -0.1) is 0 Å². The molecule has 0 aliphatic carbocycles. The summed E-state index contributed by atoms with van der Waals surface area (Å²) < 4.78 is 64.3. The lowest BCUT2D eigenvalue weighted by Crippen LogP contribution is -2.36. The molecular formula is C13H19F3N2O2S. The van der Waals surface area contributed by atoms with Crippen LogP contribution in [0, 0.1) is 0 Å². The van der Waals surface area contributed by atoms with Gasteiger partial charge >= 0.3 is 6.18 Å². The predicted octanol–water partition coefficient (Wildman–Crippen LogP) is 2.60. The standard InChI is InChI=1S/C13H19F3N2O2S/c1-10(7-8-17-21(19,20)18(2)3)11-5-4-6-12(9-11)13(14,15)16/h4-6,9-10,17H,7-8H2,1-3H3. The van der Waals surface area contributed by atoms with Crippen LogP contribution in [0.15, 0.2) is 24.3 Å². The topological polar surface area (TPSA) is 49.4 Å². The SMILES string of the molecule is CC(CCNS(=O)(=O)N(C)C)c1cccc(C(F)(F)F)c1. The Morgan fingerprint density at radius 3 is 2.43 bits per heavy atom. The Kier molecular flexibility index (Phi) is 5.77. The minimum atomic E-state index is -4.37. The lowest BCUT2D eigenvalue weighted by molar-refractivity contribution is -0.137. The lowest BCUT2D eigenvalue weighted by Gasteiger charge is -2.16. The van der Waals surface area contributed by atoms with Crippen molar-refractivity contribution in [1.82, 2.24) is 9.03 Å². The molecule has 0 aliphatic heterocycles. The number of alkyl halides is 3. The summed E-state index contributed by atoms with van der Waals surface area (Å²) in [5.74, 6) is -0.183. The van der Waals surface area contributed by atoms with Crippen LogP contribution in [-0.2, 0) is 16.4 Å². The van der Waals surface area contributed by atoms with Crippen molar-refractivity contribution >= 4 is 10.2 Å². The van der Waals surface area contributed by atoms with Gasteiger partial charge in [0.05, 0.1) is 5.56 Å². The molecule has 0 amide bonds. The molecule has 4 nitrogen and oxygen atoms in total. The third-order valence-corrected chi connectivity index (χ3v) is 4.66. The molecule has 1 aromatic carbocycles. The third-order valence-electron chi connectivity index (χ3n) is 3.13. The number of hydrogen-bond donors (Lipinski definition) is 1. The van der Waals surface area contributed by atoms with Crippen molar-refractivity contribution in [3.8, 4) is 0 Å². The van der Waals surface area contributed by atoms with E-state index in [2.05, 4.69) is 4.72 Å². The fourth-order valence-corrected chi connectivity index (χ4v) is 2.36. The Morgan fingerprint density at radius 2 is 1.90 bits per heavy atom. The van der Waals surface area contributed by atoms with Crippen LogP contribution in [0.1, 0.15) is 30.4 Å². The van der Waals surface area contributed by atoms with Crippen LogP contribution in [0.5, 0.6) is 0 Å². The van der Waals surface area contributed by atoms with Crippen molar-refractivity contribution in [3.63, 3.8) is 0 Å². The van der Waals surface area contributed by atoms with Crippen molar-refractivity contribution in [2.45, 2.75) is 25.4 Å². The van der Waals surface area contributed by atoms with Gasteiger partial charge < -0.3 is 0 Å². The van der Waals surface area contributed by atoms with Crippen molar-refractivity contribution in [1.29, 1.82) is 0 Å². The number of benzene rings is 1. The average molecular weight is 324 g/mol. The zero-order valence-corrected chi connectivity index (χ0v) is 12.9. The summed E-state index contributed by atoms with van der Waals surface area (Å²) in [6.07, 6.45) is -3.96. The number of halogens is 3. The van der Waals surface area contributed by atoms with Crippen molar-refractivity contribution in [2.75, 3.05) is 20.6 Å². The normalized spacial score (nSPS) is 14.4. The summed E-state index contributed by atoms with van der Waals surface area (Å²) in [6.45, 7) is 1.93. The summed E-state index contributed by atoms with van der Waals surface area (Å²) in [7, 11) is -0.701. The van der Waals surface area contributed by atoms with Crippen LogP contribution in [0.25, 0.3) is 0 Å². The van der Waals surface area contributed by atoms with E-state index >= 15 is 0 Å². The van der Waals surface area contributed by atoms with Gasteiger partial charge in [-0.05, 0) is 24.0 Å². The molecule has 0 aromatic heterocycles. The molecule has 120 valence electrons. The maximum Gasteiger partial charge on any atom is 0.416 e. The molecule has 1 aromatic rings. The second kappa shape index (κ2) is 6.76. The Labute approximate surface area is 123 Å². The highest BCUT2D eigenvalue weighted by atomic mass is 32.2. The smallest absolute Gasteiger partial charge is 0.202 e. The van der Waals surface area contributed by atoms with Crippen molar-refractivity contribution < 1.29 is 21.6 Å². The summed E-state index contributed by atoms with van der Waals surface area (Å²) in [6, 6.07) is 5.09. The minimum Gasteiger partial charge on any atom is -0.202 e. The molecule has 1 unspecified atom stereocenters. The maximum atomic E-state index is 12.6. The first-order chi connectivity index (χ1) is 9.54. The Balaban J connectivity index is 2.67. The molecule has 0 heterocycles. The molecule has 21 heavy (non-hydrogen) atoms. The summed E-state index contributed by atoms with van der Waals surface area (Å²) in [5, 5.41) is 0. The van der Waals surface area contributed by atoms with E-state index in [1.165, 1.54) is 20.2 Å². The second-order valence-corrected chi connectivity index (χ2v) is 6.96. The maximum absolute atomic E-state index is 12.6. The van der Waals surface area contributed by atoms with Crippen molar-refractivity contribution in [2.24, 2.45) is 0 Å². The first kappa shape index (κ1) is 17.9. The van der Waals surface area contributed by atoms with Crippen LogP contribution in [0.3, 0.4) is 0 Å². The molecule has 1 N–H and O–H groups in total. The average Bonchev–Trinajstić information content (AvgIpc) is 2.37. The van der Waals surface area contributed by atoms with Crippen molar-refractivity contribution in [3.05, 3.63) is 35.4 Å². The van der Waals surface area contributed by atoms with E-state index in [1.54, 1.807) is 13.0 Å². The molecule has 0 bridgehead atoms. The van der Waals surface area contributed by atoms with Gasteiger partial charge in [-0.2, -0.15) is 25.9 Å². The van der Waals surface area contributed by atoms with E-state index in [1.807, 2.05) is 0 Å². The first-order valence-corrected chi connectivity index (χ1v) is 7.82. The highest BCUT2D eigenvalue weighted by molar-refractivity contribution is 7.87. The van der Waals surface area contributed by atoms with E-state index in [9.17, 15) is 21.6 Å². The molecule has 0 spiro atoms. The zero-order valence-electron chi connectivity index (χ0n) is 12.1. The zero-order chi connectivity index (χ0) is 16.3. The van der Waals surface area contributed by atoms with Crippen LogP contribution in [0.2, 0.25) is 0 Å². The van der Waals surface area contributed by atoms with Crippen LogP contribution in [0.4, 0.5) is 13.2 Å². The summed E-state index contributed by atoms with van der Waals surface area (Å²) in [4.78, 5) is 0. The Hall–Kier alpha value is -1.12. The molecule has 0 fully saturated rings.